The Balaban J connectivity index is 1.67. The van der Waals surface area contributed by atoms with E-state index in [1.165, 1.54) is 10.4 Å². The maximum Gasteiger partial charge on any atom is 0.261 e. The van der Waals surface area contributed by atoms with Crippen molar-refractivity contribution < 1.29 is 27.1 Å². The molecule has 0 bridgehead atoms. The maximum absolute atomic E-state index is 13.4. The first-order valence-electron chi connectivity index (χ1n) is 15.3. The minimum Gasteiger partial charge on any atom is -0.405 e. The Hall–Kier alpha value is -2.33. The van der Waals surface area contributed by atoms with E-state index in [4.69, 9.17) is 18.6 Å². The molecule has 0 saturated carbocycles. The van der Waals surface area contributed by atoms with E-state index >= 15 is 0 Å². The number of rotatable bonds is 13. The highest BCUT2D eigenvalue weighted by atomic mass is 32.2. The highest BCUT2D eigenvalue weighted by Crippen LogP contribution is 2.37. The lowest BCUT2D eigenvalue weighted by Gasteiger charge is -2.44. The molecule has 1 fully saturated rings. The van der Waals surface area contributed by atoms with Gasteiger partial charge in [0.05, 0.1) is 36.1 Å². The van der Waals surface area contributed by atoms with Gasteiger partial charge in [0, 0.05) is 0 Å². The molecule has 0 amide bonds. The average molecular weight is 625 g/mol. The van der Waals surface area contributed by atoms with E-state index in [9.17, 15) is 8.42 Å². The smallest absolute Gasteiger partial charge is 0.261 e. The van der Waals surface area contributed by atoms with Crippen LogP contribution in [0.3, 0.4) is 0 Å². The molecular formula is C35H48O6SSi. The van der Waals surface area contributed by atoms with Crippen LogP contribution in [0, 0.1) is 6.92 Å². The summed E-state index contributed by atoms with van der Waals surface area (Å²) in [6.45, 7) is 15.2. The molecule has 6 nitrogen and oxygen atoms in total. The fraction of sp³-hybridized carbons (Fsp3) is 0.486. The van der Waals surface area contributed by atoms with Crippen molar-refractivity contribution in [2.24, 2.45) is 0 Å². The van der Waals surface area contributed by atoms with Crippen LogP contribution in [0.5, 0.6) is 0 Å². The lowest BCUT2D eigenvalue weighted by molar-refractivity contribution is -0.165. The molecule has 1 aliphatic heterocycles. The van der Waals surface area contributed by atoms with Gasteiger partial charge in [-0.15, -0.1) is 0 Å². The third-order valence-electron chi connectivity index (χ3n) is 8.21. The van der Waals surface area contributed by atoms with E-state index in [-0.39, 0.29) is 29.6 Å². The van der Waals surface area contributed by atoms with Crippen molar-refractivity contribution in [2.75, 3.05) is 19.0 Å². The van der Waals surface area contributed by atoms with Gasteiger partial charge in [0.2, 0.25) is 0 Å². The zero-order valence-corrected chi connectivity index (χ0v) is 28.5. The van der Waals surface area contributed by atoms with Gasteiger partial charge >= 0.3 is 0 Å². The van der Waals surface area contributed by atoms with Crippen molar-refractivity contribution in [1.29, 1.82) is 0 Å². The Morgan fingerprint density at radius 3 is 1.95 bits per heavy atom. The Kier molecular flexibility index (Phi) is 10.7. The van der Waals surface area contributed by atoms with Crippen molar-refractivity contribution >= 4 is 28.5 Å². The molecule has 0 spiro atoms. The van der Waals surface area contributed by atoms with Gasteiger partial charge in [0.25, 0.3) is 8.32 Å². The van der Waals surface area contributed by atoms with Gasteiger partial charge in [-0.3, -0.25) is 0 Å². The summed E-state index contributed by atoms with van der Waals surface area (Å²) in [4.78, 5) is 0.325. The van der Waals surface area contributed by atoms with Gasteiger partial charge < -0.3 is 18.6 Å². The highest BCUT2D eigenvalue weighted by molar-refractivity contribution is 7.91. The second-order valence-electron chi connectivity index (χ2n) is 13.0. The molecule has 0 radical (unpaired) electrons. The molecule has 3 aromatic carbocycles. The summed E-state index contributed by atoms with van der Waals surface area (Å²) in [6, 6.07) is 27.9. The predicted octanol–water partition coefficient (Wildman–Crippen LogP) is 6.05. The van der Waals surface area contributed by atoms with Gasteiger partial charge in [-0.25, -0.2) is 8.42 Å². The monoisotopic (exact) mass is 624 g/mol. The summed E-state index contributed by atoms with van der Waals surface area (Å²) in [5, 5.41) is 2.12. The second kappa shape index (κ2) is 13.8. The van der Waals surface area contributed by atoms with E-state index in [1.54, 1.807) is 12.1 Å². The quantitative estimate of drug-likeness (QED) is 0.216. The molecule has 0 unspecified atom stereocenters. The van der Waals surface area contributed by atoms with Gasteiger partial charge in [0.15, 0.2) is 15.6 Å². The zero-order chi connectivity index (χ0) is 31.3. The minimum atomic E-state index is -3.52. The number of benzene rings is 3. The van der Waals surface area contributed by atoms with Crippen LogP contribution in [-0.2, 0) is 28.5 Å². The molecule has 8 heteroatoms. The van der Waals surface area contributed by atoms with Crippen molar-refractivity contribution in [3.63, 3.8) is 0 Å². The average Bonchev–Trinajstić information content (AvgIpc) is 3.34. The third kappa shape index (κ3) is 8.04. The first-order valence-corrected chi connectivity index (χ1v) is 18.8. The van der Waals surface area contributed by atoms with E-state index in [1.807, 2.05) is 45.0 Å². The molecule has 234 valence electrons. The Morgan fingerprint density at radius 2 is 1.49 bits per heavy atom. The summed E-state index contributed by atoms with van der Waals surface area (Å²) in [5.74, 6) is -0.730. The zero-order valence-electron chi connectivity index (χ0n) is 26.7. The number of hydrogen-bond donors (Lipinski definition) is 0. The summed E-state index contributed by atoms with van der Waals surface area (Å²) >= 11 is 0. The van der Waals surface area contributed by atoms with E-state index in [2.05, 4.69) is 76.2 Å². The van der Waals surface area contributed by atoms with Crippen molar-refractivity contribution in [1.82, 2.24) is 0 Å². The fourth-order valence-corrected chi connectivity index (χ4v) is 11.9. The van der Waals surface area contributed by atoms with Crippen LogP contribution < -0.4 is 10.4 Å². The van der Waals surface area contributed by atoms with Crippen LogP contribution in [0.25, 0.3) is 0 Å². The molecule has 1 heterocycles. The maximum atomic E-state index is 13.4. The molecule has 1 aliphatic rings. The predicted molar refractivity (Wildman–Crippen MR) is 175 cm³/mol. The molecule has 3 atom stereocenters. The van der Waals surface area contributed by atoms with E-state index in [0.717, 1.165) is 5.56 Å². The second-order valence-corrected chi connectivity index (χ2v) is 19.4. The van der Waals surface area contributed by atoms with E-state index in [0.29, 0.717) is 24.3 Å². The molecule has 1 saturated heterocycles. The van der Waals surface area contributed by atoms with Gasteiger partial charge in [-0.05, 0) is 61.2 Å². The van der Waals surface area contributed by atoms with Crippen molar-refractivity contribution in [2.45, 2.75) is 95.3 Å². The largest absolute Gasteiger partial charge is 0.405 e. The first kappa shape index (κ1) is 33.6. The topological polar surface area (TPSA) is 71.1 Å². The molecule has 0 aromatic heterocycles. The Bertz CT molecular complexity index is 1360. The first-order chi connectivity index (χ1) is 20.3. The van der Waals surface area contributed by atoms with Crippen LogP contribution in [0.15, 0.2) is 89.8 Å². The van der Waals surface area contributed by atoms with Gasteiger partial charge in [-0.1, -0.05) is 106 Å². The highest BCUT2D eigenvalue weighted by Gasteiger charge is 2.50. The van der Waals surface area contributed by atoms with Gasteiger partial charge in [0.1, 0.15) is 6.10 Å². The van der Waals surface area contributed by atoms with Crippen LogP contribution in [-0.4, -0.2) is 59.8 Å². The summed E-state index contributed by atoms with van der Waals surface area (Å²) in [5.41, 5.74) is 1.02. The normalized spacial score (nSPS) is 18.8. The Labute approximate surface area is 259 Å². The van der Waals surface area contributed by atoms with Crippen molar-refractivity contribution in [3.8, 4) is 0 Å². The number of aryl methyl sites for hydroxylation is 1. The van der Waals surface area contributed by atoms with Crippen LogP contribution >= 0.6 is 0 Å². The Morgan fingerprint density at radius 1 is 0.930 bits per heavy atom. The third-order valence-corrected chi connectivity index (χ3v) is 15.0. The SMILES string of the molecule is CC[C@H](O[C@@H](CCS(=O)(=O)c1ccc(C)cc1)CO[Si](c1ccccc1)(c1ccccc1)C(C)(C)C)[C@H]1COC(C)(C)O1. The molecular weight excluding hydrogens is 577 g/mol. The van der Waals surface area contributed by atoms with Crippen molar-refractivity contribution in [3.05, 3.63) is 90.5 Å². The molecule has 3 aromatic rings. The lowest BCUT2D eigenvalue weighted by atomic mass is 10.1. The van der Waals surface area contributed by atoms with E-state index < -0.39 is 30.0 Å². The van der Waals surface area contributed by atoms with Crippen LogP contribution in [0.1, 0.15) is 59.9 Å². The van der Waals surface area contributed by atoms with Crippen LogP contribution in [0.2, 0.25) is 5.04 Å². The molecule has 43 heavy (non-hydrogen) atoms. The lowest BCUT2D eigenvalue weighted by Crippen LogP contribution is -2.67. The summed E-state index contributed by atoms with van der Waals surface area (Å²) in [6.07, 6.45) is 0.00619. The number of hydrogen-bond acceptors (Lipinski definition) is 6. The molecule has 4 rings (SSSR count). The number of sulfone groups is 1. The number of ether oxygens (including phenoxy) is 3. The summed E-state index contributed by atoms with van der Waals surface area (Å²) in [7, 11) is -6.38. The van der Waals surface area contributed by atoms with Gasteiger partial charge in [-0.2, -0.15) is 0 Å². The fourth-order valence-electron chi connectivity index (χ4n) is 5.91. The van der Waals surface area contributed by atoms with Crippen LogP contribution in [0.4, 0.5) is 0 Å². The summed E-state index contributed by atoms with van der Waals surface area (Å²) < 4.78 is 52.8. The standard InChI is InChI=1S/C35H48O6SSi/c1-8-32(33-26-38-35(6,7)41-33)40-28(23-24-42(36,37)29-21-19-27(2)20-22-29)25-39-43(34(3,4)5,30-15-11-9-12-16-30)31-17-13-10-14-18-31/h9-22,28,32-33H,8,23-26H2,1-7H3/t28-,32-,33+/m0/s1. The molecule has 0 N–H and O–H groups in total. The molecule has 0 aliphatic carbocycles. The minimum absolute atomic E-state index is 0.0468.